The molecule has 1 atom stereocenters. The highest BCUT2D eigenvalue weighted by Crippen LogP contribution is 2.34. The number of hydrogen-bond donors (Lipinski definition) is 1. The first kappa shape index (κ1) is 14.5. The van der Waals surface area contributed by atoms with Gasteiger partial charge in [0.2, 0.25) is 0 Å². The maximum atomic E-state index is 14.4. The third-order valence-electron chi connectivity index (χ3n) is 3.61. The van der Waals surface area contributed by atoms with Gasteiger partial charge in [0.05, 0.1) is 12.7 Å². The van der Waals surface area contributed by atoms with Crippen molar-refractivity contribution in [3.8, 4) is 5.75 Å². The Morgan fingerprint density at radius 3 is 2.40 bits per heavy atom. The van der Waals surface area contributed by atoms with Crippen LogP contribution in [0.25, 0.3) is 0 Å². The number of aliphatic hydroxyl groups is 1. The van der Waals surface area contributed by atoms with Crippen molar-refractivity contribution in [1.82, 2.24) is 0 Å². The van der Waals surface area contributed by atoms with Gasteiger partial charge in [0.1, 0.15) is 0 Å². The third kappa shape index (κ3) is 2.83. The summed E-state index contributed by atoms with van der Waals surface area (Å²) in [7, 11) is 1.42. The fraction of sp³-hybridized carbons (Fsp3) is 0.294. The Morgan fingerprint density at radius 1 is 1.10 bits per heavy atom. The predicted octanol–water partition coefficient (Wildman–Crippen LogP) is 3.67. The summed E-state index contributed by atoms with van der Waals surface area (Å²) >= 11 is 0. The molecule has 2 rings (SSSR count). The Balaban J connectivity index is 2.40. The Bertz CT molecular complexity index is 568. The molecule has 0 saturated carbocycles. The summed E-state index contributed by atoms with van der Waals surface area (Å²) in [6.45, 7) is 1.85. The molecule has 0 aliphatic carbocycles. The van der Waals surface area contributed by atoms with Gasteiger partial charge in [0.15, 0.2) is 11.6 Å². The SMILES string of the molecule is CCC(O)(Cc1ccccc1)c1cccc(OC)c1F. The maximum absolute atomic E-state index is 14.4. The molecule has 0 aromatic heterocycles. The van der Waals surface area contributed by atoms with E-state index in [9.17, 15) is 9.50 Å². The Kier molecular flexibility index (Phi) is 4.40. The average Bonchev–Trinajstić information content (AvgIpc) is 2.48. The Morgan fingerprint density at radius 2 is 1.80 bits per heavy atom. The molecule has 0 heterocycles. The van der Waals surface area contributed by atoms with Crippen LogP contribution in [0.4, 0.5) is 4.39 Å². The molecule has 0 aliphatic heterocycles. The summed E-state index contributed by atoms with van der Waals surface area (Å²) in [5.41, 5.74) is 0.0160. The molecule has 0 spiro atoms. The van der Waals surface area contributed by atoms with Gasteiger partial charge < -0.3 is 9.84 Å². The third-order valence-corrected chi connectivity index (χ3v) is 3.61. The normalized spacial score (nSPS) is 13.8. The summed E-state index contributed by atoms with van der Waals surface area (Å²) in [6.07, 6.45) is 0.792. The lowest BCUT2D eigenvalue weighted by atomic mass is 9.84. The highest BCUT2D eigenvalue weighted by molar-refractivity contribution is 5.36. The van der Waals surface area contributed by atoms with E-state index in [-0.39, 0.29) is 11.3 Å². The van der Waals surface area contributed by atoms with E-state index >= 15 is 0 Å². The van der Waals surface area contributed by atoms with E-state index in [1.165, 1.54) is 7.11 Å². The minimum Gasteiger partial charge on any atom is -0.494 e. The molecule has 0 amide bonds. The van der Waals surface area contributed by atoms with Crippen LogP contribution < -0.4 is 4.74 Å². The molecule has 1 N–H and O–H groups in total. The van der Waals surface area contributed by atoms with Crippen molar-refractivity contribution < 1.29 is 14.2 Å². The zero-order valence-electron chi connectivity index (χ0n) is 11.8. The quantitative estimate of drug-likeness (QED) is 0.901. The number of ether oxygens (including phenoxy) is 1. The van der Waals surface area contributed by atoms with Gasteiger partial charge in [-0.1, -0.05) is 49.4 Å². The molecule has 0 aliphatic rings. The average molecular weight is 274 g/mol. The van der Waals surface area contributed by atoms with Gasteiger partial charge in [-0.3, -0.25) is 0 Å². The highest BCUT2D eigenvalue weighted by Gasteiger charge is 2.31. The topological polar surface area (TPSA) is 29.5 Å². The first-order valence-corrected chi connectivity index (χ1v) is 6.70. The fourth-order valence-electron chi connectivity index (χ4n) is 2.37. The zero-order chi connectivity index (χ0) is 14.6. The van der Waals surface area contributed by atoms with E-state index in [2.05, 4.69) is 0 Å². The van der Waals surface area contributed by atoms with Crippen LogP contribution in [0.15, 0.2) is 48.5 Å². The van der Waals surface area contributed by atoms with E-state index in [0.717, 1.165) is 5.56 Å². The van der Waals surface area contributed by atoms with Crippen LogP contribution >= 0.6 is 0 Å². The molecule has 0 fully saturated rings. The van der Waals surface area contributed by atoms with Crippen molar-refractivity contribution in [3.05, 3.63) is 65.5 Å². The minimum absolute atomic E-state index is 0.155. The number of hydrogen-bond acceptors (Lipinski definition) is 2. The van der Waals surface area contributed by atoms with E-state index in [1.807, 2.05) is 37.3 Å². The van der Waals surface area contributed by atoms with Crippen molar-refractivity contribution in [2.24, 2.45) is 0 Å². The van der Waals surface area contributed by atoms with Gasteiger partial charge in [-0.25, -0.2) is 4.39 Å². The molecule has 2 aromatic rings. The number of halogens is 1. The Hall–Kier alpha value is -1.87. The van der Waals surface area contributed by atoms with Gasteiger partial charge >= 0.3 is 0 Å². The van der Waals surface area contributed by atoms with Crippen LogP contribution in [0.2, 0.25) is 0 Å². The van der Waals surface area contributed by atoms with Gasteiger partial charge in [0, 0.05) is 12.0 Å². The zero-order valence-corrected chi connectivity index (χ0v) is 11.8. The Labute approximate surface area is 118 Å². The molecule has 0 bridgehead atoms. The first-order valence-electron chi connectivity index (χ1n) is 6.70. The second-order valence-corrected chi connectivity index (χ2v) is 4.87. The first-order chi connectivity index (χ1) is 9.60. The van der Waals surface area contributed by atoms with Crippen LogP contribution in [0.1, 0.15) is 24.5 Å². The summed E-state index contributed by atoms with van der Waals surface area (Å²) in [5.74, 6) is -0.335. The lowest BCUT2D eigenvalue weighted by Crippen LogP contribution is -2.29. The molecule has 20 heavy (non-hydrogen) atoms. The summed E-state index contributed by atoms with van der Waals surface area (Å²) in [6, 6.07) is 14.5. The molecule has 106 valence electrons. The van der Waals surface area contributed by atoms with E-state index in [4.69, 9.17) is 4.74 Å². The van der Waals surface area contributed by atoms with E-state index < -0.39 is 11.4 Å². The monoisotopic (exact) mass is 274 g/mol. The van der Waals surface area contributed by atoms with Gasteiger partial charge in [-0.15, -0.1) is 0 Å². The highest BCUT2D eigenvalue weighted by atomic mass is 19.1. The van der Waals surface area contributed by atoms with Gasteiger partial charge in [-0.2, -0.15) is 0 Å². The predicted molar refractivity (Wildman–Crippen MR) is 77.3 cm³/mol. The lowest BCUT2D eigenvalue weighted by molar-refractivity contribution is 0.0287. The second kappa shape index (κ2) is 6.06. The fourth-order valence-corrected chi connectivity index (χ4v) is 2.37. The van der Waals surface area contributed by atoms with Crippen LogP contribution in [0.3, 0.4) is 0 Å². The molecule has 3 heteroatoms. The van der Waals surface area contributed by atoms with E-state index in [1.54, 1.807) is 18.2 Å². The lowest BCUT2D eigenvalue weighted by Gasteiger charge is -2.28. The van der Waals surface area contributed by atoms with Gasteiger partial charge in [-0.05, 0) is 18.1 Å². The van der Waals surface area contributed by atoms with Crippen molar-refractivity contribution in [3.63, 3.8) is 0 Å². The van der Waals surface area contributed by atoms with E-state index in [0.29, 0.717) is 12.8 Å². The van der Waals surface area contributed by atoms with Crippen LogP contribution in [0.5, 0.6) is 5.75 Å². The van der Waals surface area contributed by atoms with Crippen LogP contribution in [0, 0.1) is 5.82 Å². The largest absolute Gasteiger partial charge is 0.494 e. The molecular weight excluding hydrogens is 255 g/mol. The molecule has 2 nitrogen and oxygen atoms in total. The summed E-state index contributed by atoms with van der Waals surface area (Å²) in [4.78, 5) is 0. The van der Waals surface area contributed by atoms with Crippen molar-refractivity contribution in [1.29, 1.82) is 0 Å². The number of benzene rings is 2. The van der Waals surface area contributed by atoms with Gasteiger partial charge in [0.25, 0.3) is 0 Å². The van der Waals surface area contributed by atoms with Crippen LogP contribution in [-0.2, 0) is 12.0 Å². The number of rotatable bonds is 5. The summed E-state index contributed by atoms with van der Waals surface area (Å²) in [5, 5.41) is 10.9. The van der Waals surface area contributed by atoms with Crippen molar-refractivity contribution in [2.45, 2.75) is 25.4 Å². The smallest absolute Gasteiger partial charge is 0.171 e. The molecule has 0 saturated heterocycles. The molecular formula is C17H19FO2. The molecule has 2 aromatic carbocycles. The standard InChI is InChI=1S/C17H19FO2/c1-3-17(19,12-13-8-5-4-6-9-13)14-10-7-11-15(20-2)16(14)18/h4-11,19H,3,12H2,1-2H3. The number of methoxy groups -OCH3 is 1. The second-order valence-electron chi connectivity index (χ2n) is 4.87. The summed E-state index contributed by atoms with van der Waals surface area (Å²) < 4.78 is 19.4. The molecule has 1 unspecified atom stereocenters. The maximum Gasteiger partial charge on any atom is 0.171 e. The van der Waals surface area contributed by atoms with Crippen LogP contribution in [-0.4, -0.2) is 12.2 Å². The minimum atomic E-state index is -1.24. The molecule has 0 radical (unpaired) electrons. The van der Waals surface area contributed by atoms with Crippen molar-refractivity contribution in [2.75, 3.05) is 7.11 Å². The van der Waals surface area contributed by atoms with Crippen molar-refractivity contribution >= 4 is 0 Å².